The minimum Gasteiger partial charge on any atom is -0.306 e. The number of nitrogens with zero attached hydrogens (tertiary/aromatic N) is 5. The molecule has 0 aliphatic heterocycles. The summed E-state index contributed by atoms with van der Waals surface area (Å²) in [7, 11) is 0. The molecule has 35 heavy (non-hydrogen) atoms. The highest BCUT2D eigenvalue weighted by atomic mass is 79.9. The zero-order valence-electron chi connectivity index (χ0n) is 19.2. The Kier molecular flexibility index (Phi) is 6.40. The lowest BCUT2D eigenvalue weighted by Crippen LogP contribution is -2.20. The van der Waals surface area contributed by atoms with Gasteiger partial charge < -0.3 is 5.32 Å². The highest BCUT2D eigenvalue weighted by Gasteiger charge is 2.17. The van der Waals surface area contributed by atoms with E-state index in [-0.39, 0.29) is 12.5 Å². The normalized spacial score (nSPS) is 11.2. The van der Waals surface area contributed by atoms with Crippen molar-refractivity contribution in [2.45, 2.75) is 26.9 Å². The van der Waals surface area contributed by atoms with Crippen molar-refractivity contribution in [2.24, 2.45) is 0 Å². The van der Waals surface area contributed by atoms with Crippen LogP contribution in [0.15, 0.2) is 71.5 Å². The SMILES string of the molecule is Cc1ccc(-c2ccnc3c2c(C)nn3CC(=O)Nc2nn(Cc3ccc(Br)cc3)cc2Cl)cc1. The van der Waals surface area contributed by atoms with Crippen molar-refractivity contribution in [3.63, 3.8) is 0 Å². The van der Waals surface area contributed by atoms with Crippen LogP contribution in [0.3, 0.4) is 0 Å². The second-order valence-electron chi connectivity index (χ2n) is 8.36. The fourth-order valence-electron chi connectivity index (χ4n) is 4.01. The Morgan fingerprint density at radius 2 is 1.77 bits per heavy atom. The monoisotopic (exact) mass is 548 g/mol. The van der Waals surface area contributed by atoms with Gasteiger partial charge in [0, 0.05) is 22.3 Å². The number of rotatable bonds is 6. The molecule has 5 aromatic rings. The third-order valence-electron chi connectivity index (χ3n) is 5.70. The Morgan fingerprint density at radius 3 is 2.51 bits per heavy atom. The molecule has 0 spiro atoms. The summed E-state index contributed by atoms with van der Waals surface area (Å²) >= 11 is 9.78. The largest absolute Gasteiger partial charge is 0.306 e. The van der Waals surface area contributed by atoms with Gasteiger partial charge in [0.2, 0.25) is 5.91 Å². The lowest BCUT2D eigenvalue weighted by Gasteiger charge is -2.06. The number of nitrogens with one attached hydrogen (secondary N) is 1. The van der Waals surface area contributed by atoms with Gasteiger partial charge in [0.15, 0.2) is 11.5 Å². The van der Waals surface area contributed by atoms with Gasteiger partial charge in [-0.05, 0) is 48.7 Å². The van der Waals surface area contributed by atoms with Gasteiger partial charge in [-0.2, -0.15) is 10.2 Å². The molecule has 1 N–H and O–H groups in total. The van der Waals surface area contributed by atoms with E-state index in [1.807, 2.05) is 37.3 Å². The lowest BCUT2D eigenvalue weighted by molar-refractivity contribution is -0.116. The molecule has 0 fully saturated rings. The van der Waals surface area contributed by atoms with Crippen molar-refractivity contribution >= 4 is 50.3 Å². The summed E-state index contributed by atoms with van der Waals surface area (Å²) in [6.07, 6.45) is 3.44. The first kappa shape index (κ1) is 23.3. The van der Waals surface area contributed by atoms with Crippen LogP contribution >= 0.6 is 27.5 Å². The number of aryl methyl sites for hydroxylation is 2. The Labute approximate surface area is 215 Å². The molecule has 0 aliphatic carbocycles. The number of aromatic nitrogens is 5. The second kappa shape index (κ2) is 9.64. The number of fused-ring (bicyclic) bond motifs is 1. The first-order valence-corrected chi connectivity index (χ1v) is 12.2. The summed E-state index contributed by atoms with van der Waals surface area (Å²) in [5.74, 6) is 0.0306. The van der Waals surface area contributed by atoms with Gasteiger partial charge in [0.05, 0.1) is 12.2 Å². The van der Waals surface area contributed by atoms with E-state index in [1.54, 1.807) is 21.8 Å². The highest BCUT2D eigenvalue weighted by molar-refractivity contribution is 9.10. The van der Waals surface area contributed by atoms with Crippen molar-refractivity contribution < 1.29 is 4.79 Å². The van der Waals surface area contributed by atoms with E-state index in [0.29, 0.717) is 23.0 Å². The number of hydrogen-bond acceptors (Lipinski definition) is 4. The van der Waals surface area contributed by atoms with E-state index < -0.39 is 0 Å². The van der Waals surface area contributed by atoms with Gasteiger partial charge in [-0.25, -0.2) is 9.67 Å². The molecule has 0 saturated heterocycles. The van der Waals surface area contributed by atoms with Crippen LogP contribution in [0, 0.1) is 13.8 Å². The molecule has 0 unspecified atom stereocenters. The predicted molar refractivity (Wildman–Crippen MR) is 142 cm³/mol. The molecule has 3 heterocycles. The van der Waals surface area contributed by atoms with Crippen molar-refractivity contribution in [1.82, 2.24) is 24.5 Å². The maximum Gasteiger partial charge on any atom is 0.247 e. The van der Waals surface area contributed by atoms with Gasteiger partial charge in [0.1, 0.15) is 11.6 Å². The summed E-state index contributed by atoms with van der Waals surface area (Å²) < 4.78 is 4.32. The molecule has 0 atom stereocenters. The molecular formula is C26H22BrClN6O. The van der Waals surface area contributed by atoms with Gasteiger partial charge in [0.25, 0.3) is 0 Å². The number of benzene rings is 2. The Hall–Kier alpha value is -3.49. The minimum absolute atomic E-state index is 0.00933. The molecule has 0 aliphatic rings. The number of hydrogen-bond donors (Lipinski definition) is 1. The smallest absolute Gasteiger partial charge is 0.247 e. The molecule has 3 aromatic heterocycles. The number of halogens is 2. The van der Waals surface area contributed by atoms with Gasteiger partial charge in [-0.15, -0.1) is 0 Å². The van der Waals surface area contributed by atoms with E-state index >= 15 is 0 Å². The van der Waals surface area contributed by atoms with Gasteiger partial charge >= 0.3 is 0 Å². The maximum absolute atomic E-state index is 12.9. The number of amides is 1. The third kappa shape index (κ3) is 4.99. The summed E-state index contributed by atoms with van der Waals surface area (Å²) in [6, 6.07) is 18.2. The molecular weight excluding hydrogens is 528 g/mol. The van der Waals surface area contributed by atoms with Crippen molar-refractivity contribution in [3.05, 3.63) is 93.3 Å². The van der Waals surface area contributed by atoms with Crippen molar-refractivity contribution in [2.75, 3.05) is 5.32 Å². The highest BCUT2D eigenvalue weighted by Crippen LogP contribution is 2.30. The molecule has 1 amide bonds. The molecule has 9 heteroatoms. The Balaban J connectivity index is 1.35. The molecule has 7 nitrogen and oxygen atoms in total. The topological polar surface area (TPSA) is 77.6 Å². The van der Waals surface area contributed by atoms with E-state index in [4.69, 9.17) is 11.6 Å². The van der Waals surface area contributed by atoms with Gasteiger partial charge in [-0.3, -0.25) is 9.48 Å². The fraction of sp³-hybridized carbons (Fsp3) is 0.154. The summed E-state index contributed by atoms with van der Waals surface area (Å²) in [6.45, 7) is 4.52. The van der Waals surface area contributed by atoms with Gasteiger partial charge in [-0.1, -0.05) is 69.5 Å². The quantitative estimate of drug-likeness (QED) is 0.281. The first-order chi connectivity index (χ1) is 16.9. The molecule has 5 rings (SSSR count). The minimum atomic E-state index is -0.285. The van der Waals surface area contributed by atoms with Crippen LogP contribution in [0.4, 0.5) is 5.82 Å². The van der Waals surface area contributed by atoms with Crippen LogP contribution < -0.4 is 5.32 Å². The fourth-order valence-corrected chi connectivity index (χ4v) is 4.47. The van der Waals surface area contributed by atoms with Crippen molar-refractivity contribution in [3.8, 4) is 11.1 Å². The number of pyridine rings is 1. The predicted octanol–water partition coefficient (Wildman–Crippen LogP) is 6.01. The van der Waals surface area contributed by atoms with E-state index in [2.05, 4.69) is 67.6 Å². The van der Waals surface area contributed by atoms with Crippen LogP contribution in [-0.4, -0.2) is 30.5 Å². The zero-order valence-corrected chi connectivity index (χ0v) is 21.5. The standard InChI is InChI=1S/C26H22BrClN6O/c1-16-3-7-19(8-4-16)21-11-12-29-26-24(21)17(2)31-34(26)15-23(35)30-25-22(28)14-33(32-25)13-18-5-9-20(27)10-6-18/h3-12,14H,13,15H2,1-2H3,(H,30,32,35). The molecule has 0 saturated carbocycles. The van der Waals surface area contributed by atoms with Crippen LogP contribution in [0.25, 0.3) is 22.2 Å². The third-order valence-corrected chi connectivity index (χ3v) is 6.50. The number of carbonyl (C=O) groups excluding carboxylic acids is 1. The van der Waals surface area contributed by atoms with Crippen molar-refractivity contribution in [1.29, 1.82) is 0 Å². The summed E-state index contributed by atoms with van der Waals surface area (Å²) in [5, 5.41) is 13.1. The van der Waals surface area contributed by atoms with Crippen LogP contribution in [0.1, 0.15) is 16.8 Å². The molecule has 176 valence electrons. The van der Waals surface area contributed by atoms with E-state index in [0.717, 1.165) is 32.2 Å². The maximum atomic E-state index is 12.9. The zero-order chi connectivity index (χ0) is 24.5. The summed E-state index contributed by atoms with van der Waals surface area (Å²) in [5.41, 5.74) is 5.85. The Bertz CT molecular complexity index is 1520. The van der Waals surface area contributed by atoms with Crippen LogP contribution in [0.2, 0.25) is 5.02 Å². The lowest BCUT2D eigenvalue weighted by atomic mass is 10.0. The second-order valence-corrected chi connectivity index (χ2v) is 9.69. The first-order valence-electron chi connectivity index (χ1n) is 11.0. The van der Waals surface area contributed by atoms with Crippen LogP contribution in [-0.2, 0) is 17.9 Å². The molecule has 2 aromatic carbocycles. The number of anilines is 1. The van der Waals surface area contributed by atoms with Crippen LogP contribution in [0.5, 0.6) is 0 Å². The average Bonchev–Trinajstić information content (AvgIpc) is 3.34. The average molecular weight is 550 g/mol. The van der Waals surface area contributed by atoms with E-state index in [9.17, 15) is 4.79 Å². The Morgan fingerprint density at radius 1 is 1.03 bits per heavy atom. The number of carbonyl (C=O) groups is 1. The summed E-state index contributed by atoms with van der Waals surface area (Å²) in [4.78, 5) is 17.4. The molecule has 0 radical (unpaired) electrons. The van der Waals surface area contributed by atoms with E-state index in [1.165, 1.54) is 5.56 Å². The molecule has 0 bridgehead atoms.